The molecule has 0 heterocycles. The normalized spacial score (nSPS) is 12.6. The molecule has 0 spiro atoms. The maximum atomic E-state index is 11.3. The van der Waals surface area contributed by atoms with E-state index in [9.17, 15) is 9.59 Å². The molecule has 0 amide bonds. The summed E-state index contributed by atoms with van der Waals surface area (Å²) < 4.78 is 0. The molecular weight excluding hydrogens is 228 g/mol. The van der Waals surface area contributed by atoms with Gasteiger partial charge in [0.25, 0.3) is 0 Å². The molecule has 0 atom stereocenters. The van der Waals surface area contributed by atoms with Crippen LogP contribution < -0.4 is 10.6 Å². The number of hydrogen-bond acceptors (Lipinski definition) is 4. The predicted octanol–water partition coefficient (Wildman–Crippen LogP) is 1.40. The minimum atomic E-state index is -0.307. The van der Waals surface area contributed by atoms with Crippen LogP contribution in [0.2, 0.25) is 0 Å². The topological polar surface area (TPSA) is 58.2 Å². The molecule has 0 aromatic carbocycles. The number of carbonyl (C=O) groups is 2. The van der Waals surface area contributed by atoms with Crippen LogP contribution >= 0.6 is 0 Å². The molecule has 0 aliphatic rings. The van der Waals surface area contributed by atoms with Gasteiger partial charge >= 0.3 is 0 Å². The zero-order chi connectivity index (χ0) is 14.4. The first-order valence-corrected chi connectivity index (χ1v) is 6.53. The van der Waals surface area contributed by atoms with Gasteiger partial charge in [-0.1, -0.05) is 27.7 Å². The van der Waals surface area contributed by atoms with Gasteiger partial charge in [-0.2, -0.15) is 0 Å². The highest BCUT2D eigenvalue weighted by molar-refractivity contribution is 5.82. The third kappa shape index (κ3) is 6.26. The summed E-state index contributed by atoms with van der Waals surface area (Å²) in [5.41, 5.74) is -0.614. The van der Waals surface area contributed by atoms with Crippen molar-refractivity contribution in [2.24, 2.45) is 10.8 Å². The number of ketones is 2. The van der Waals surface area contributed by atoms with Gasteiger partial charge in [0.05, 0.1) is 0 Å². The van der Waals surface area contributed by atoms with E-state index in [1.165, 1.54) is 0 Å². The molecule has 0 bridgehead atoms. The molecule has 0 aromatic rings. The van der Waals surface area contributed by atoms with Crippen LogP contribution in [-0.2, 0) is 9.59 Å². The standard InChI is InChI=1S/C14H28N2O2/c1-11(17)13(3,4)9-15-7-8-16-10-14(5,6)12(2)18/h15-16H,7-10H2,1-6H3. The first kappa shape index (κ1) is 17.3. The first-order chi connectivity index (χ1) is 8.09. The lowest BCUT2D eigenvalue weighted by Crippen LogP contribution is -2.40. The van der Waals surface area contributed by atoms with Crippen LogP contribution in [0, 0.1) is 10.8 Å². The van der Waals surface area contributed by atoms with Gasteiger partial charge in [0.2, 0.25) is 0 Å². The molecule has 0 saturated heterocycles. The summed E-state index contributed by atoms with van der Waals surface area (Å²) >= 11 is 0. The summed E-state index contributed by atoms with van der Waals surface area (Å²) in [4.78, 5) is 22.6. The summed E-state index contributed by atoms with van der Waals surface area (Å²) in [7, 11) is 0. The molecule has 106 valence electrons. The van der Waals surface area contributed by atoms with Crippen molar-refractivity contribution < 1.29 is 9.59 Å². The van der Waals surface area contributed by atoms with Crippen molar-refractivity contribution in [1.82, 2.24) is 10.6 Å². The average Bonchev–Trinajstić information content (AvgIpc) is 2.22. The van der Waals surface area contributed by atoms with Gasteiger partial charge in [-0.15, -0.1) is 0 Å². The lowest BCUT2D eigenvalue weighted by atomic mass is 9.89. The van der Waals surface area contributed by atoms with Gasteiger partial charge in [-0.3, -0.25) is 9.59 Å². The predicted molar refractivity (Wildman–Crippen MR) is 74.7 cm³/mol. The van der Waals surface area contributed by atoms with Crippen molar-refractivity contribution in [2.45, 2.75) is 41.5 Å². The van der Waals surface area contributed by atoms with Crippen molar-refractivity contribution >= 4 is 11.6 Å². The summed E-state index contributed by atoms with van der Waals surface area (Å²) in [6.07, 6.45) is 0. The van der Waals surface area contributed by atoms with E-state index >= 15 is 0 Å². The van der Waals surface area contributed by atoms with Crippen LogP contribution in [0.1, 0.15) is 41.5 Å². The minimum Gasteiger partial charge on any atom is -0.314 e. The second kappa shape index (κ2) is 7.00. The Balaban J connectivity index is 3.71. The SMILES string of the molecule is CC(=O)C(C)(C)CNCCNCC(C)(C)C(C)=O. The molecule has 0 aliphatic carbocycles. The van der Waals surface area contributed by atoms with E-state index in [4.69, 9.17) is 0 Å². The van der Waals surface area contributed by atoms with Gasteiger partial charge in [0.15, 0.2) is 0 Å². The molecule has 4 heteroatoms. The monoisotopic (exact) mass is 256 g/mol. The Hall–Kier alpha value is -0.740. The van der Waals surface area contributed by atoms with Crippen molar-refractivity contribution in [2.75, 3.05) is 26.2 Å². The zero-order valence-electron chi connectivity index (χ0n) is 12.6. The molecule has 0 aliphatic heterocycles. The van der Waals surface area contributed by atoms with E-state index in [0.29, 0.717) is 13.1 Å². The number of carbonyl (C=O) groups excluding carboxylic acids is 2. The van der Waals surface area contributed by atoms with E-state index < -0.39 is 0 Å². The molecule has 0 aromatic heterocycles. The van der Waals surface area contributed by atoms with Crippen molar-refractivity contribution in [3.63, 3.8) is 0 Å². The van der Waals surface area contributed by atoms with E-state index in [1.807, 2.05) is 27.7 Å². The highest BCUT2D eigenvalue weighted by atomic mass is 16.1. The number of rotatable bonds is 9. The second-order valence-electron chi connectivity index (χ2n) is 6.23. The van der Waals surface area contributed by atoms with E-state index in [0.717, 1.165) is 13.1 Å². The molecule has 0 saturated carbocycles. The van der Waals surface area contributed by atoms with Crippen molar-refractivity contribution in [3.05, 3.63) is 0 Å². The fourth-order valence-electron chi connectivity index (χ4n) is 1.23. The highest BCUT2D eigenvalue weighted by Gasteiger charge is 2.23. The molecule has 0 radical (unpaired) electrons. The number of hydrogen-bond donors (Lipinski definition) is 2. The lowest BCUT2D eigenvalue weighted by Gasteiger charge is -2.23. The van der Waals surface area contributed by atoms with E-state index in [2.05, 4.69) is 10.6 Å². The Morgan fingerprint density at radius 3 is 1.28 bits per heavy atom. The summed E-state index contributed by atoms with van der Waals surface area (Å²) in [6.45, 7) is 14.0. The average molecular weight is 256 g/mol. The Kier molecular flexibility index (Phi) is 6.71. The van der Waals surface area contributed by atoms with Crippen molar-refractivity contribution in [1.29, 1.82) is 0 Å². The first-order valence-electron chi connectivity index (χ1n) is 6.53. The fraction of sp³-hybridized carbons (Fsp3) is 0.857. The maximum Gasteiger partial charge on any atom is 0.136 e. The highest BCUT2D eigenvalue weighted by Crippen LogP contribution is 2.14. The quantitative estimate of drug-likeness (QED) is 0.612. The Morgan fingerprint density at radius 1 is 0.778 bits per heavy atom. The van der Waals surface area contributed by atoms with E-state index in [1.54, 1.807) is 13.8 Å². The molecule has 18 heavy (non-hydrogen) atoms. The molecule has 0 fully saturated rings. The smallest absolute Gasteiger partial charge is 0.136 e. The van der Waals surface area contributed by atoms with Gasteiger partial charge in [-0.25, -0.2) is 0 Å². The van der Waals surface area contributed by atoms with Crippen LogP contribution in [0.4, 0.5) is 0 Å². The van der Waals surface area contributed by atoms with Crippen LogP contribution in [0.5, 0.6) is 0 Å². The largest absolute Gasteiger partial charge is 0.314 e. The summed E-state index contributed by atoms with van der Waals surface area (Å²) in [5, 5.41) is 6.51. The molecule has 2 N–H and O–H groups in total. The summed E-state index contributed by atoms with van der Waals surface area (Å²) in [5.74, 6) is 0.390. The Labute approximate surface area is 111 Å². The molecular formula is C14H28N2O2. The van der Waals surface area contributed by atoms with Crippen LogP contribution in [0.15, 0.2) is 0 Å². The minimum absolute atomic E-state index is 0.195. The van der Waals surface area contributed by atoms with Crippen LogP contribution in [0.3, 0.4) is 0 Å². The number of nitrogens with one attached hydrogen (secondary N) is 2. The van der Waals surface area contributed by atoms with Gasteiger partial charge < -0.3 is 10.6 Å². The van der Waals surface area contributed by atoms with E-state index in [-0.39, 0.29) is 22.4 Å². The number of Topliss-reactive ketones (excluding diaryl/α,β-unsaturated/α-hetero) is 2. The zero-order valence-corrected chi connectivity index (χ0v) is 12.6. The van der Waals surface area contributed by atoms with Gasteiger partial charge in [0, 0.05) is 37.0 Å². The second-order valence-corrected chi connectivity index (χ2v) is 6.23. The third-order valence-corrected chi connectivity index (χ3v) is 3.52. The third-order valence-electron chi connectivity index (χ3n) is 3.52. The Bertz CT molecular complexity index is 266. The molecule has 4 nitrogen and oxygen atoms in total. The Morgan fingerprint density at radius 2 is 1.06 bits per heavy atom. The lowest BCUT2D eigenvalue weighted by molar-refractivity contribution is -0.125. The van der Waals surface area contributed by atoms with Gasteiger partial charge in [0.1, 0.15) is 11.6 Å². The van der Waals surface area contributed by atoms with Crippen LogP contribution in [-0.4, -0.2) is 37.7 Å². The van der Waals surface area contributed by atoms with Crippen LogP contribution in [0.25, 0.3) is 0 Å². The van der Waals surface area contributed by atoms with Crippen molar-refractivity contribution in [3.8, 4) is 0 Å². The van der Waals surface area contributed by atoms with Gasteiger partial charge in [-0.05, 0) is 13.8 Å². The maximum absolute atomic E-state index is 11.3. The fourth-order valence-corrected chi connectivity index (χ4v) is 1.23. The summed E-state index contributed by atoms with van der Waals surface area (Å²) in [6, 6.07) is 0. The molecule has 0 rings (SSSR count). The molecule has 0 unspecified atom stereocenters.